The molecule has 0 saturated carbocycles. The van der Waals surface area contributed by atoms with Gasteiger partial charge in [-0.15, -0.1) is 0 Å². The van der Waals surface area contributed by atoms with Crippen LogP contribution in [0.5, 0.6) is 0 Å². The van der Waals surface area contributed by atoms with E-state index in [1.54, 1.807) is 26.0 Å². The smallest absolute Gasteiger partial charge is 0.338 e. The normalized spacial score (nSPS) is 17.4. The number of carbonyl (C=O) groups is 1. The van der Waals surface area contributed by atoms with Gasteiger partial charge in [0, 0.05) is 8.95 Å². The number of anilines is 1. The molecule has 0 aliphatic carbocycles. The van der Waals surface area contributed by atoms with Crippen molar-refractivity contribution < 1.29 is 14.3 Å². The number of halogens is 2. The molecule has 1 aromatic rings. The number of nitriles is 1. The largest absolute Gasteiger partial charge is 0.463 e. The van der Waals surface area contributed by atoms with Crippen molar-refractivity contribution in [2.45, 2.75) is 19.8 Å². The third-order valence-electron chi connectivity index (χ3n) is 3.54. The van der Waals surface area contributed by atoms with Gasteiger partial charge in [-0.05, 0) is 47.5 Å². The molecule has 0 spiro atoms. The number of allylic oxidation sites excluding steroid dienone is 2. The van der Waals surface area contributed by atoms with Crippen LogP contribution < -0.4 is 11.5 Å². The molecule has 0 saturated heterocycles. The second-order valence-corrected chi connectivity index (χ2v) is 6.78. The Morgan fingerprint density at radius 2 is 2.08 bits per heavy atom. The number of nitrogens with zero attached hydrogens (tertiary/aromatic N) is 1. The Bertz CT molecular complexity index is 810. The number of ether oxygens (including phenoxy) is 2. The van der Waals surface area contributed by atoms with E-state index in [1.165, 1.54) is 0 Å². The molecule has 1 aliphatic rings. The fourth-order valence-electron chi connectivity index (χ4n) is 2.51. The van der Waals surface area contributed by atoms with E-state index in [-0.39, 0.29) is 29.4 Å². The molecule has 0 amide bonds. The summed E-state index contributed by atoms with van der Waals surface area (Å²) in [5.74, 6) is -1.11. The van der Waals surface area contributed by atoms with E-state index in [1.807, 2.05) is 6.07 Å². The average molecular weight is 457 g/mol. The third kappa shape index (κ3) is 3.28. The molecule has 0 aromatic heterocycles. The minimum Gasteiger partial charge on any atom is -0.463 e. The van der Waals surface area contributed by atoms with Gasteiger partial charge in [0.1, 0.15) is 17.4 Å². The molecule has 6 nitrogen and oxygen atoms in total. The van der Waals surface area contributed by atoms with Crippen molar-refractivity contribution in [3.8, 4) is 6.07 Å². The van der Waals surface area contributed by atoms with Crippen LogP contribution in [0.2, 0.25) is 0 Å². The Morgan fingerprint density at radius 1 is 1.42 bits per heavy atom. The van der Waals surface area contributed by atoms with Crippen LogP contribution in [0.25, 0.3) is 0 Å². The molecule has 1 unspecified atom stereocenters. The molecule has 4 N–H and O–H groups in total. The van der Waals surface area contributed by atoms with Gasteiger partial charge in [-0.2, -0.15) is 5.26 Å². The lowest BCUT2D eigenvalue weighted by molar-refractivity contribution is -0.139. The number of carbonyl (C=O) groups excluding carboxylic acids is 1. The van der Waals surface area contributed by atoms with Gasteiger partial charge in [0.05, 0.1) is 23.8 Å². The zero-order chi connectivity index (χ0) is 18.0. The molecule has 126 valence electrons. The van der Waals surface area contributed by atoms with Crippen molar-refractivity contribution in [1.29, 1.82) is 5.26 Å². The van der Waals surface area contributed by atoms with E-state index in [4.69, 9.17) is 20.9 Å². The highest BCUT2D eigenvalue weighted by atomic mass is 79.9. The Kier molecular flexibility index (Phi) is 5.57. The van der Waals surface area contributed by atoms with Crippen LogP contribution in [-0.4, -0.2) is 12.6 Å². The van der Waals surface area contributed by atoms with E-state index >= 15 is 0 Å². The molecule has 24 heavy (non-hydrogen) atoms. The highest BCUT2D eigenvalue weighted by Crippen LogP contribution is 2.44. The van der Waals surface area contributed by atoms with Crippen molar-refractivity contribution in [2.24, 2.45) is 5.73 Å². The first kappa shape index (κ1) is 18.4. The van der Waals surface area contributed by atoms with Gasteiger partial charge in [-0.3, -0.25) is 0 Å². The monoisotopic (exact) mass is 455 g/mol. The Hall–Kier alpha value is -1.98. The molecular formula is C16H15Br2N3O3. The first-order valence-electron chi connectivity index (χ1n) is 7.01. The highest BCUT2D eigenvalue weighted by Gasteiger charge is 2.37. The molecule has 2 rings (SSSR count). The number of hydrogen-bond acceptors (Lipinski definition) is 6. The summed E-state index contributed by atoms with van der Waals surface area (Å²) in [6.45, 7) is 3.50. The lowest BCUT2D eigenvalue weighted by atomic mass is 9.82. The molecule has 1 atom stereocenters. The quantitative estimate of drug-likeness (QED) is 0.532. The predicted molar refractivity (Wildman–Crippen MR) is 96.2 cm³/mol. The van der Waals surface area contributed by atoms with Crippen molar-refractivity contribution >= 4 is 43.5 Å². The summed E-state index contributed by atoms with van der Waals surface area (Å²) >= 11 is 6.77. The summed E-state index contributed by atoms with van der Waals surface area (Å²) in [5.41, 5.74) is 13.3. The van der Waals surface area contributed by atoms with Crippen LogP contribution >= 0.6 is 31.9 Å². The third-order valence-corrected chi connectivity index (χ3v) is 4.65. The first-order chi connectivity index (χ1) is 11.3. The van der Waals surface area contributed by atoms with Crippen molar-refractivity contribution in [3.63, 3.8) is 0 Å². The van der Waals surface area contributed by atoms with Gasteiger partial charge < -0.3 is 20.9 Å². The van der Waals surface area contributed by atoms with Gasteiger partial charge in [0.2, 0.25) is 5.88 Å². The fraction of sp³-hybridized carbons (Fsp3) is 0.250. The van der Waals surface area contributed by atoms with Gasteiger partial charge in [0.25, 0.3) is 0 Å². The van der Waals surface area contributed by atoms with Gasteiger partial charge >= 0.3 is 5.97 Å². The summed E-state index contributed by atoms with van der Waals surface area (Å²) in [6, 6.07) is 5.54. The van der Waals surface area contributed by atoms with Crippen LogP contribution in [0, 0.1) is 11.3 Å². The standard InChI is InChI=1S/C16H15Br2N3O3/c1-3-23-16(22)12-7(2)24-15(21)10(6-19)13(12)9-4-8(17)5-11(18)14(9)20/h4-5,13H,3,20-21H2,1-2H3. The van der Waals surface area contributed by atoms with Crippen LogP contribution in [0.1, 0.15) is 25.3 Å². The molecule has 1 aliphatic heterocycles. The number of esters is 1. The minimum absolute atomic E-state index is 0.0523. The van der Waals surface area contributed by atoms with Crippen molar-refractivity contribution in [1.82, 2.24) is 0 Å². The number of benzene rings is 1. The van der Waals surface area contributed by atoms with Gasteiger partial charge in [-0.1, -0.05) is 15.9 Å². The molecule has 0 radical (unpaired) electrons. The summed E-state index contributed by atoms with van der Waals surface area (Å²) in [5, 5.41) is 9.53. The van der Waals surface area contributed by atoms with Crippen LogP contribution in [-0.2, 0) is 14.3 Å². The summed E-state index contributed by atoms with van der Waals surface area (Å²) in [6.07, 6.45) is 0. The highest BCUT2D eigenvalue weighted by molar-refractivity contribution is 9.11. The van der Waals surface area contributed by atoms with E-state index < -0.39 is 11.9 Å². The first-order valence-corrected chi connectivity index (χ1v) is 8.60. The predicted octanol–water partition coefficient (Wildman–Crippen LogP) is 3.44. The Morgan fingerprint density at radius 3 is 2.67 bits per heavy atom. The summed E-state index contributed by atoms with van der Waals surface area (Å²) in [7, 11) is 0. The molecule has 1 aromatic carbocycles. The van der Waals surface area contributed by atoms with Gasteiger partial charge in [0.15, 0.2) is 0 Å². The number of hydrogen-bond donors (Lipinski definition) is 2. The lowest BCUT2D eigenvalue weighted by Gasteiger charge is -2.28. The molecular weight excluding hydrogens is 442 g/mol. The van der Waals surface area contributed by atoms with Crippen molar-refractivity contribution in [2.75, 3.05) is 12.3 Å². The lowest BCUT2D eigenvalue weighted by Crippen LogP contribution is -2.26. The second kappa shape index (κ2) is 7.28. The zero-order valence-corrected chi connectivity index (χ0v) is 16.2. The maximum absolute atomic E-state index is 12.4. The SMILES string of the molecule is CCOC(=O)C1=C(C)OC(N)=C(C#N)C1c1cc(Br)cc(Br)c1N. The van der Waals surface area contributed by atoms with Gasteiger partial charge in [-0.25, -0.2) is 4.79 Å². The summed E-state index contributed by atoms with van der Waals surface area (Å²) in [4.78, 5) is 12.4. The average Bonchev–Trinajstić information content (AvgIpc) is 2.50. The Labute approximate surface area is 156 Å². The van der Waals surface area contributed by atoms with E-state index in [9.17, 15) is 10.1 Å². The fourth-order valence-corrected chi connectivity index (χ4v) is 3.77. The molecule has 8 heteroatoms. The van der Waals surface area contributed by atoms with Crippen LogP contribution in [0.3, 0.4) is 0 Å². The number of nitrogens with two attached hydrogens (primary N) is 2. The van der Waals surface area contributed by atoms with Crippen LogP contribution in [0.4, 0.5) is 5.69 Å². The topological polar surface area (TPSA) is 111 Å². The Balaban J connectivity index is 2.75. The maximum atomic E-state index is 12.4. The second-order valence-electron chi connectivity index (χ2n) is 5.01. The number of rotatable bonds is 3. The summed E-state index contributed by atoms with van der Waals surface area (Å²) < 4.78 is 11.9. The van der Waals surface area contributed by atoms with E-state index in [2.05, 4.69) is 31.9 Å². The number of nitrogen functional groups attached to an aromatic ring is 1. The molecule has 0 bridgehead atoms. The van der Waals surface area contributed by atoms with E-state index in [0.717, 1.165) is 4.47 Å². The maximum Gasteiger partial charge on any atom is 0.338 e. The van der Waals surface area contributed by atoms with Crippen molar-refractivity contribution in [3.05, 3.63) is 49.4 Å². The molecule has 1 heterocycles. The molecule has 0 fully saturated rings. The van der Waals surface area contributed by atoms with E-state index in [0.29, 0.717) is 15.7 Å². The van der Waals surface area contributed by atoms with Crippen LogP contribution in [0.15, 0.2) is 43.9 Å². The zero-order valence-electron chi connectivity index (χ0n) is 13.0. The minimum atomic E-state index is -0.767.